The Hall–Kier alpha value is -1.40. The Balaban J connectivity index is 1.88. The van der Waals surface area contributed by atoms with E-state index in [2.05, 4.69) is 26.1 Å². The monoisotopic (exact) mass is 324 g/mol. The Kier molecular flexibility index (Phi) is 4.63. The molecule has 1 heterocycles. The van der Waals surface area contributed by atoms with E-state index in [0.717, 1.165) is 6.42 Å². The highest BCUT2D eigenvalue weighted by Crippen LogP contribution is 2.51. The van der Waals surface area contributed by atoms with Crippen LogP contribution in [0.4, 0.5) is 0 Å². The Morgan fingerprint density at radius 1 is 1.45 bits per heavy atom. The van der Waals surface area contributed by atoms with E-state index in [4.69, 9.17) is 4.74 Å². The molecule has 0 aliphatic heterocycles. The van der Waals surface area contributed by atoms with Crippen molar-refractivity contribution >= 4 is 23.2 Å². The van der Waals surface area contributed by atoms with E-state index in [9.17, 15) is 9.59 Å². The van der Waals surface area contributed by atoms with Crippen molar-refractivity contribution in [3.63, 3.8) is 0 Å². The zero-order valence-electron chi connectivity index (χ0n) is 13.8. The van der Waals surface area contributed by atoms with Crippen LogP contribution in [0.25, 0.3) is 0 Å². The average Bonchev–Trinajstić information content (AvgIpc) is 2.99. The predicted molar refractivity (Wildman–Crippen MR) is 87.0 cm³/mol. The van der Waals surface area contributed by atoms with Gasteiger partial charge in [0.25, 0.3) is 5.91 Å². The van der Waals surface area contributed by atoms with Gasteiger partial charge in [-0.3, -0.25) is 9.59 Å². The van der Waals surface area contributed by atoms with Gasteiger partial charge in [-0.15, -0.1) is 11.3 Å². The minimum absolute atomic E-state index is 0.0625. The minimum atomic E-state index is -0.219. The second kappa shape index (κ2) is 6.01. The summed E-state index contributed by atoms with van der Waals surface area (Å²) in [7, 11) is 3.35. The largest absolute Gasteiger partial charge is 0.378 e. The molecule has 1 saturated carbocycles. The van der Waals surface area contributed by atoms with Crippen LogP contribution in [0.1, 0.15) is 36.9 Å². The molecule has 1 N–H and O–H groups in total. The summed E-state index contributed by atoms with van der Waals surface area (Å²) < 4.78 is 5.55. The third-order valence-corrected chi connectivity index (χ3v) is 5.93. The van der Waals surface area contributed by atoms with Gasteiger partial charge in [-0.1, -0.05) is 19.9 Å². The highest BCUT2D eigenvalue weighted by Gasteiger charge is 2.58. The predicted octanol–water partition coefficient (Wildman–Crippen LogP) is 2.14. The molecule has 1 aromatic heterocycles. The highest BCUT2D eigenvalue weighted by molar-refractivity contribution is 7.12. The fourth-order valence-corrected chi connectivity index (χ4v) is 3.56. The highest BCUT2D eigenvalue weighted by atomic mass is 32.1. The van der Waals surface area contributed by atoms with E-state index >= 15 is 0 Å². The number of carbonyl (C=O) groups excluding carboxylic acids is 2. The van der Waals surface area contributed by atoms with Crippen LogP contribution < -0.4 is 5.32 Å². The molecule has 0 aromatic carbocycles. The topological polar surface area (TPSA) is 58.6 Å². The second-order valence-electron chi connectivity index (χ2n) is 6.62. The number of thiophene rings is 1. The number of hydrogen-bond donors (Lipinski definition) is 1. The van der Waals surface area contributed by atoms with Gasteiger partial charge in [0.1, 0.15) is 0 Å². The van der Waals surface area contributed by atoms with Crippen LogP contribution in [0.5, 0.6) is 0 Å². The molecule has 1 aliphatic carbocycles. The van der Waals surface area contributed by atoms with Gasteiger partial charge in [0.05, 0.1) is 17.0 Å². The molecule has 5 nitrogen and oxygen atoms in total. The maximum Gasteiger partial charge on any atom is 0.264 e. The smallest absolute Gasteiger partial charge is 0.264 e. The summed E-state index contributed by atoms with van der Waals surface area (Å²) in [6.45, 7) is 6.30. The molecule has 2 amide bonds. The maximum absolute atomic E-state index is 12.2. The first-order valence-electron chi connectivity index (χ1n) is 7.35. The van der Waals surface area contributed by atoms with Gasteiger partial charge < -0.3 is 15.0 Å². The van der Waals surface area contributed by atoms with E-state index in [1.165, 1.54) is 16.2 Å². The molecule has 0 spiro atoms. The molecule has 0 bridgehead atoms. The normalized spacial score (nSPS) is 26.1. The van der Waals surface area contributed by atoms with Gasteiger partial charge in [-0.25, -0.2) is 0 Å². The van der Waals surface area contributed by atoms with Gasteiger partial charge >= 0.3 is 0 Å². The SMILES string of the molecule is CO[C@@]1(C)C[C@H](NC(=O)CN(C)C(=O)c2cccs2)C1(C)C. The van der Waals surface area contributed by atoms with Crippen molar-refractivity contribution in [2.45, 2.75) is 38.8 Å². The van der Waals surface area contributed by atoms with Crippen molar-refractivity contribution in [2.75, 3.05) is 20.7 Å². The third kappa shape index (κ3) is 2.90. The zero-order chi connectivity index (χ0) is 16.5. The second-order valence-corrected chi connectivity index (χ2v) is 7.57. The number of amides is 2. The quantitative estimate of drug-likeness (QED) is 0.903. The van der Waals surface area contributed by atoms with Crippen molar-refractivity contribution in [1.29, 1.82) is 0 Å². The molecule has 1 aliphatic rings. The van der Waals surface area contributed by atoms with Gasteiger partial charge in [0, 0.05) is 25.6 Å². The number of nitrogens with zero attached hydrogens (tertiary/aromatic N) is 1. The summed E-state index contributed by atoms with van der Waals surface area (Å²) in [4.78, 5) is 26.4. The zero-order valence-corrected chi connectivity index (χ0v) is 14.6. The molecule has 2 atom stereocenters. The van der Waals surface area contributed by atoms with Gasteiger partial charge in [0.2, 0.25) is 5.91 Å². The maximum atomic E-state index is 12.2. The van der Waals surface area contributed by atoms with Crippen LogP contribution in [0.15, 0.2) is 17.5 Å². The summed E-state index contributed by atoms with van der Waals surface area (Å²) in [6, 6.07) is 3.66. The third-order valence-electron chi connectivity index (χ3n) is 5.07. The van der Waals surface area contributed by atoms with E-state index in [1.54, 1.807) is 20.2 Å². The van der Waals surface area contributed by atoms with Crippen LogP contribution in [0.2, 0.25) is 0 Å². The summed E-state index contributed by atoms with van der Waals surface area (Å²) in [5, 5.41) is 4.87. The molecule has 0 unspecified atom stereocenters. The van der Waals surface area contributed by atoms with Crippen LogP contribution >= 0.6 is 11.3 Å². The first kappa shape index (κ1) is 17.0. The number of nitrogens with one attached hydrogen (secondary N) is 1. The van der Waals surface area contributed by atoms with E-state index < -0.39 is 0 Å². The molecule has 0 radical (unpaired) electrons. The molecular formula is C16H24N2O3S. The molecule has 122 valence electrons. The number of rotatable bonds is 5. The molecule has 22 heavy (non-hydrogen) atoms. The fraction of sp³-hybridized carbons (Fsp3) is 0.625. The molecule has 6 heteroatoms. The summed E-state index contributed by atoms with van der Waals surface area (Å²) >= 11 is 1.38. The number of methoxy groups -OCH3 is 1. The Labute approximate surface area is 135 Å². The van der Waals surface area contributed by atoms with Crippen molar-refractivity contribution < 1.29 is 14.3 Å². The molecule has 2 rings (SSSR count). The van der Waals surface area contributed by atoms with Crippen molar-refractivity contribution in [2.24, 2.45) is 5.41 Å². The first-order valence-corrected chi connectivity index (χ1v) is 8.23. The Morgan fingerprint density at radius 2 is 2.14 bits per heavy atom. The minimum Gasteiger partial charge on any atom is -0.378 e. The lowest BCUT2D eigenvalue weighted by Gasteiger charge is -2.59. The van der Waals surface area contributed by atoms with E-state index in [1.807, 2.05) is 11.4 Å². The van der Waals surface area contributed by atoms with Gasteiger partial charge in [-0.2, -0.15) is 0 Å². The summed E-state index contributed by atoms with van der Waals surface area (Å²) in [5.74, 6) is -0.261. The fourth-order valence-electron chi connectivity index (χ4n) is 2.84. The van der Waals surface area contributed by atoms with Gasteiger partial charge in [0.15, 0.2) is 0 Å². The molecular weight excluding hydrogens is 300 g/mol. The Morgan fingerprint density at radius 3 is 2.64 bits per heavy atom. The van der Waals surface area contributed by atoms with E-state index in [0.29, 0.717) is 4.88 Å². The lowest BCUT2D eigenvalue weighted by molar-refractivity contribution is -0.182. The lowest BCUT2D eigenvalue weighted by atomic mass is 9.56. The number of carbonyl (C=O) groups is 2. The summed E-state index contributed by atoms with van der Waals surface area (Å²) in [5.41, 5.74) is -0.350. The summed E-state index contributed by atoms with van der Waals surface area (Å²) in [6.07, 6.45) is 0.783. The number of ether oxygens (including phenoxy) is 1. The van der Waals surface area contributed by atoms with Crippen molar-refractivity contribution in [3.8, 4) is 0 Å². The van der Waals surface area contributed by atoms with Crippen LogP contribution in [0.3, 0.4) is 0 Å². The lowest BCUT2D eigenvalue weighted by Crippen LogP contribution is -2.69. The molecule has 1 aromatic rings. The van der Waals surface area contributed by atoms with Crippen LogP contribution in [-0.2, 0) is 9.53 Å². The standard InChI is InChI=1S/C16H24N2O3S/c1-15(2)12(9-16(15,3)21-5)17-13(19)10-18(4)14(20)11-7-6-8-22-11/h6-8,12H,9-10H2,1-5H3,(H,17,19)/t12-,16-/m0/s1. The molecule has 1 fully saturated rings. The average molecular weight is 324 g/mol. The molecule has 0 saturated heterocycles. The van der Waals surface area contributed by atoms with Crippen LogP contribution in [0, 0.1) is 5.41 Å². The van der Waals surface area contributed by atoms with E-state index in [-0.39, 0.29) is 35.4 Å². The van der Waals surface area contributed by atoms with Crippen molar-refractivity contribution in [1.82, 2.24) is 10.2 Å². The Bertz CT molecular complexity index is 556. The van der Waals surface area contributed by atoms with Crippen LogP contribution in [-0.4, -0.2) is 49.1 Å². The number of likely N-dealkylation sites (N-methyl/N-ethyl adjacent to an activating group) is 1. The van der Waals surface area contributed by atoms with Crippen molar-refractivity contribution in [3.05, 3.63) is 22.4 Å². The first-order chi connectivity index (χ1) is 10.2. The number of hydrogen-bond acceptors (Lipinski definition) is 4. The van der Waals surface area contributed by atoms with Gasteiger partial charge in [-0.05, 0) is 24.8 Å².